The number of hydrogen-bond donors (Lipinski definition) is 1. The first-order valence-corrected chi connectivity index (χ1v) is 9.10. The van der Waals surface area contributed by atoms with Crippen LogP contribution in [-0.4, -0.2) is 13.5 Å². The quantitative estimate of drug-likeness (QED) is 0.498. The SMILES string of the molecule is C#CCc1cc(C(=O)S)cc(S(=O)(=O)Cl)c1Oc1ccccc1. The predicted octanol–water partition coefficient (Wildman–Crippen LogP) is 3.65. The second-order valence-electron chi connectivity index (χ2n) is 4.50. The van der Waals surface area contributed by atoms with Gasteiger partial charge in [-0.1, -0.05) is 18.2 Å². The summed E-state index contributed by atoms with van der Waals surface area (Å²) in [5.74, 6) is 2.82. The summed E-state index contributed by atoms with van der Waals surface area (Å²) in [7, 11) is 1.33. The molecule has 0 spiro atoms. The first-order valence-electron chi connectivity index (χ1n) is 6.34. The molecule has 118 valence electrons. The van der Waals surface area contributed by atoms with Gasteiger partial charge < -0.3 is 4.74 Å². The number of thiol groups is 1. The van der Waals surface area contributed by atoms with Crippen LogP contribution in [-0.2, 0) is 15.5 Å². The van der Waals surface area contributed by atoms with Crippen LogP contribution in [0.3, 0.4) is 0 Å². The summed E-state index contributed by atoms with van der Waals surface area (Å²) < 4.78 is 29.4. The number of carbonyl (C=O) groups is 1. The van der Waals surface area contributed by atoms with Crippen molar-refractivity contribution < 1.29 is 17.9 Å². The molecule has 0 N–H and O–H groups in total. The van der Waals surface area contributed by atoms with Crippen LogP contribution >= 0.6 is 23.3 Å². The normalized spacial score (nSPS) is 10.8. The summed E-state index contributed by atoms with van der Waals surface area (Å²) in [6, 6.07) is 11.1. The highest BCUT2D eigenvalue weighted by Crippen LogP contribution is 2.36. The topological polar surface area (TPSA) is 60.4 Å². The Hall–Kier alpha value is -1.94. The van der Waals surface area contributed by atoms with E-state index in [4.69, 9.17) is 21.8 Å². The molecule has 0 saturated carbocycles. The van der Waals surface area contributed by atoms with E-state index < -0.39 is 14.2 Å². The molecule has 2 aromatic carbocycles. The number of hydrogen-bond acceptors (Lipinski definition) is 4. The summed E-state index contributed by atoms with van der Waals surface area (Å²) >= 11 is 3.71. The number of para-hydroxylation sites is 1. The highest BCUT2D eigenvalue weighted by Gasteiger charge is 2.23. The second kappa shape index (κ2) is 7.09. The molecule has 4 nitrogen and oxygen atoms in total. The molecule has 7 heteroatoms. The zero-order valence-corrected chi connectivity index (χ0v) is 14.2. The minimum atomic E-state index is -4.16. The van der Waals surface area contributed by atoms with Crippen molar-refractivity contribution in [3.05, 3.63) is 53.6 Å². The van der Waals surface area contributed by atoms with Crippen LogP contribution in [0.2, 0.25) is 0 Å². The molecule has 0 amide bonds. The fourth-order valence-electron chi connectivity index (χ4n) is 1.93. The molecule has 0 saturated heterocycles. The van der Waals surface area contributed by atoms with Gasteiger partial charge in [-0.15, -0.1) is 25.0 Å². The van der Waals surface area contributed by atoms with Crippen molar-refractivity contribution in [3.63, 3.8) is 0 Å². The average Bonchev–Trinajstić information content (AvgIpc) is 2.48. The predicted molar refractivity (Wildman–Crippen MR) is 91.9 cm³/mol. The van der Waals surface area contributed by atoms with E-state index in [1.165, 1.54) is 6.07 Å². The first-order chi connectivity index (χ1) is 10.8. The molecule has 0 aliphatic carbocycles. The van der Waals surface area contributed by atoms with Crippen molar-refractivity contribution in [1.82, 2.24) is 0 Å². The average molecular weight is 367 g/mol. The van der Waals surface area contributed by atoms with E-state index in [9.17, 15) is 13.2 Å². The Morgan fingerprint density at radius 1 is 1.26 bits per heavy atom. The number of ether oxygens (including phenoxy) is 1. The molecule has 0 aliphatic rings. The van der Waals surface area contributed by atoms with E-state index in [1.54, 1.807) is 30.3 Å². The summed E-state index contributed by atoms with van der Waals surface area (Å²) in [4.78, 5) is 11.2. The van der Waals surface area contributed by atoms with Crippen molar-refractivity contribution >= 4 is 37.5 Å². The summed E-state index contributed by atoms with van der Waals surface area (Å²) in [5, 5.41) is -0.601. The minimum Gasteiger partial charge on any atom is -0.456 e. The van der Waals surface area contributed by atoms with Crippen LogP contribution < -0.4 is 4.74 Å². The van der Waals surface area contributed by atoms with Crippen molar-refractivity contribution in [3.8, 4) is 23.8 Å². The van der Waals surface area contributed by atoms with Gasteiger partial charge in [0.15, 0.2) is 5.75 Å². The zero-order valence-electron chi connectivity index (χ0n) is 11.7. The molecule has 0 radical (unpaired) electrons. The number of terminal acetylenes is 1. The van der Waals surface area contributed by atoms with E-state index in [0.717, 1.165) is 6.07 Å². The maximum Gasteiger partial charge on any atom is 0.265 e. The van der Waals surface area contributed by atoms with Gasteiger partial charge in [-0.3, -0.25) is 4.79 Å². The van der Waals surface area contributed by atoms with Crippen molar-refractivity contribution in [2.24, 2.45) is 0 Å². The maximum absolute atomic E-state index is 11.9. The summed E-state index contributed by atoms with van der Waals surface area (Å²) in [6.45, 7) is 0. The molecule has 0 atom stereocenters. The van der Waals surface area contributed by atoms with Crippen molar-refractivity contribution in [1.29, 1.82) is 0 Å². The lowest BCUT2D eigenvalue weighted by molar-refractivity contribution is 0.109. The molecule has 0 heterocycles. The van der Waals surface area contributed by atoms with Crippen LogP contribution in [0.15, 0.2) is 47.4 Å². The van der Waals surface area contributed by atoms with Gasteiger partial charge in [-0.2, -0.15) is 0 Å². The van der Waals surface area contributed by atoms with Gasteiger partial charge in [0, 0.05) is 28.2 Å². The van der Waals surface area contributed by atoms with Gasteiger partial charge in [-0.25, -0.2) is 8.42 Å². The lowest BCUT2D eigenvalue weighted by Crippen LogP contribution is -2.03. The summed E-state index contributed by atoms with van der Waals surface area (Å²) in [6.07, 6.45) is 5.38. The van der Waals surface area contributed by atoms with Crippen LogP contribution in [0.1, 0.15) is 15.9 Å². The van der Waals surface area contributed by atoms with Crippen LogP contribution in [0.25, 0.3) is 0 Å². The zero-order chi connectivity index (χ0) is 17.0. The fraction of sp³-hybridized carbons (Fsp3) is 0.0625. The largest absolute Gasteiger partial charge is 0.456 e. The molecule has 2 rings (SSSR count). The molecule has 0 unspecified atom stereocenters. The molecule has 0 aliphatic heterocycles. The maximum atomic E-state index is 11.9. The van der Waals surface area contributed by atoms with Gasteiger partial charge in [0.05, 0.1) is 0 Å². The Bertz CT molecular complexity index is 884. The number of benzene rings is 2. The lowest BCUT2D eigenvalue weighted by Gasteiger charge is -2.14. The third-order valence-corrected chi connectivity index (χ3v) is 4.48. The summed E-state index contributed by atoms with van der Waals surface area (Å²) in [5.41, 5.74) is 0.425. The van der Waals surface area contributed by atoms with Crippen molar-refractivity contribution in [2.75, 3.05) is 0 Å². The van der Waals surface area contributed by atoms with Crippen LogP contribution in [0.5, 0.6) is 11.5 Å². The highest BCUT2D eigenvalue weighted by atomic mass is 35.7. The Morgan fingerprint density at radius 3 is 2.43 bits per heavy atom. The Kier molecular flexibility index (Phi) is 5.37. The third kappa shape index (κ3) is 4.29. The van der Waals surface area contributed by atoms with Crippen molar-refractivity contribution in [2.45, 2.75) is 11.3 Å². The minimum absolute atomic E-state index is 0.00230. The van der Waals surface area contributed by atoms with E-state index in [0.29, 0.717) is 11.3 Å². The van der Waals surface area contributed by atoms with E-state index in [-0.39, 0.29) is 22.6 Å². The molecule has 0 bridgehead atoms. The van der Waals surface area contributed by atoms with Gasteiger partial charge in [-0.05, 0) is 24.3 Å². The van der Waals surface area contributed by atoms with Gasteiger partial charge >= 0.3 is 0 Å². The standard InChI is InChI=1S/C16H11ClO4S2/c1-2-6-11-9-12(16(18)22)10-14(23(17,19)20)15(11)21-13-7-4-3-5-8-13/h1,3-5,7-10H,6H2,(H,18,22). The molecular weight excluding hydrogens is 356 g/mol. The third-order valence-electron chi connectivity index (χ3n) is 2.90. The first kappa shape index (κ1) is 17.4. The second-order valence-corrected chi connectivity index (χ2v) is 7.44. The van der Waals surface area contributed by atoms with Gasteiger partial charge in [0.25, 0.3) is 9.05 Å². The fourth-order valence-corrected chi connectivity index (χ4v) is 3.06. The van der Waals surface area contributed by atoms with Crippen LogP contribution in [0, 0.1) is 12.3 Å². The Balaban J connectivity index is 2.70. The van der Waals surface area contributed by atoms with E-state index in [1.807, 2.05) is 0 Å². The number of carbonyl (C=O) groups excluding carboxylic acids is 1. The molecule has 23 heavy (non-hydrogen) atoms. The monoisotopic (exact) mass is 366 g/mol. The highest BCUT2D eigenvalue weighted by molar-refractivity contribution is 8.13. The lowest BCUT2D eigenvalue weighted by atomic mass is 10.1. The smallest absolute Gasteiger partial charge is 0.265 e. The molecule has 2 aromatic rings. The number of halogens is 1. The molecule has 0 fully saturated rings. The number of rotatable bonds is 5. The Labute approximate surface area is 144 Å². The molecule has 0 aromatic heterocycles. The Morgan fingerprint density at radius 2 is 1.91 bits per heavy atom. The van der Waals surface area contributed by atoms with Gasteiger partial charge in [0.2, 0.25) is 5.12 Å². The van der Waals surface area contributed by atoms with Gasteiger partial charge in [0.1, 0.15) is 10.6 Å². The van der Waals surface area contributed by atoms with E-state index >= 15 is 0 Å². The van der Waals surface area contributed by atoms with E-state index in [2.05, 4.69) is 18.5 Å². The molecular formula is C16H11ClO4S2. The van der Waals surface area contributed by atoms with Crippen LogP contribution in [0.4, 0.5) is 0 Å².